The fraction of sp³-hybridized carbons (Fsp3) is 1.00. The molecule has 21 N–H and O–H groups in total. The minimum Gasteiger partial charge on any atom is -0.394 e. The van der Waals surface area contributed by atoms with Crippen LogP contribution in [0.2, 0.25) is 0 Å². The van der Waals surface area contributed by atoms with E-state index in [0.717, 1.165) is 0 Å². The Balaban J connectivity index is 1.08. The maximum absolute atomic E-state index is 11.3. The van der Waals surface area contributed by atoms with Crippen LogP contribution in [0.3, 0.4) is 0 Å². The molecule has 21 saturated heterocycles. The van der Waals surface area contributed by atoms with Gasteiger partial charge in [-0.3, -0.25) is 0 Å². The van der Waals surface area contributed by atoms with Crippen LogP contribution < -0.4 is 0 Å². The summed E-state index contributed by atoms with van der Waals surface area (Å²) in [5, 5.41) is 230. The predicted molar refractivity (Wildman–Crippen MR) is 228 cm³/mol. The summed E-state index contributed by atoms with van der Waals surface area (Å²) in [6.07, 6.45) is -70.2. The molecule has 21 fully saturated rings. The zero-order chi connectivity index (χ0) is 56.1. The Morgan fingerprint density at radius 2 is 0.260 bits per heavy atom. The van der Waals surface area contributed by atoms with Gasteiger partial charge >= 0.3 is 0 Å². The highest BCUT2D eigenvalue weighted by Crippen LogP contribution is 2.39. The molecule has 0 aromatic rings. The van der Waals surface area contributed by atoms with Crippen LogP contribution in [0.4, 0.5) is 0 Å². The van der Waals surface area contributed by atoms with Crippen LogP contribution in [0.5, 0.6) is 0 Å². The Morgan fingerprint density at radius 3 is 0.351 bits per heavy atom. The number of aliphatic hydroxyl groups is 21. The van der Waals surface area contributed by atoms with Crippen molar-refractivity contribution in [3.63, 3.8) is 0 Å². The van der Waals surface area contributed by atoms with Crippen molar-refractivity contribution in [1.29, 1.82) is 0 Å². The Hall–Kier alpha value is -1.40. The third-order valence-corrected chi connectivity index (χ3v) is 14.8. The van der Waals surface area contributed by atoms with Crippen LogP contribution in [0, 0.1) is 0 Å². The van der Waals surface area contributed by atoms with Crippen molar-refractivity contribution in [2.75, 3.05) is 46.2 Å². The highest BCUT2D eigenvalue weighted by atomic mass is 16.8. The average Bonchev–Trinajstić information content (AvgIpc) is 3.47. The average molecular weight is 1130 g/mol. The molecule has 0 aromatic carbocycles. The van der Waals surface area contributed by atoms with Gasteiger partial charge in [0.1, 0.15) is 171 Å². The molecular formula is C42H70O35. The summed E-state index contributed by atoms with van der Waals surface area (Å²) >= 11 is 0. The second kappa shape index (κ2) is 26.0. The molecule has 14 bridgehead atoms. The van der Waals surface area contributed by atoms with Crippen LogP contribution in [0.25, 0.3) is 0 Å². The normalized spacial score (nSPS) is 55.4. The number of rotatable bonds is 7. The molecule has 0 aliphatic carbocycles. The van der Waals surface area contributed by atoms with Crippen molar-refractivity contribution in [1.82, 2.24) is 0 Å². The zero-order valence-corrected chi connectivity index (χ0v) is 40.3. The molecule has 21 rings (SSSR count). The molecule has 0 aromatic heterocycles. The molecule has 0 radical (unpaired) electrons. The lowest BCUT2D eigenvalue weighted by Gasteiger charge is -2.50. The van der Waals surface area contributed by atoms with E-state index in [-0.39, 0.29) is 0 Å². The maximum Gasteiger partial charge on any atom is 0.187 e. The summed E-state index contributed by atoms with van der Waals surface area (Å²) in [4.78, 5) is 0. The first kappa shape index (κ1) is 61.7. The molecular weight excluding hydrogens is 1060 g/mol. The van der Waals surface area contributed by atoms with Gasteiger partial charge in [-0.15, -0.1) is 0 Å². The lowest BCUT2D eigenvalue weighted by Crippen LogP contribution is -2.68. The Bertz CT molecular complexity index is 1470. The summed E-state index contributed by atoms with van der Waals surface area (Å²) in [5.74, 6) is 0. The van der Waals surface area contributed by atoms with E-state index in [1.807, 2.05) is 0 Å². The highest BCUT2D eigenvalue weighted by molar-refractivity contribution is 5.01. The van der Waals surface area contributed by atoms with Crippen LogP contribution in [-0.2, 0) is 66.3 Å². The molecule has 77 heavy (non-hydrogen) atoms. The standard InChI is InChI=1S/C42H70O35/c43-1-8-29-15(50)22(57)36(64-8)72-30-9(2-44)66-38(24(59)17(30)52)74-32-11(4-46)68-40(26(61)19(32)54)76-34-13(6-48)70-42(28(63)21(34)56)77-35-14(7-49)69-41(27(62)20(35)55)75-33-12(5-47)67-39(25(60)18(33)53)73-31-10(3-45)65-37(71-29)23(58)16(31)51/h8-63H,1-7H2/t8-,9-,10-,11-,12-,13-,14-,15-,16-,17-,18-,19-,20-,21-,22-,23-,24-,25-,26-,27-,28-,29?,30?,31?,32?,33?,34?,35?,36?,37?,38?,39?,40?,41?,42?/m1/s1. The Kier molecular flexibility index (Phi) is 20.8. The van der Waals surface area contributed by atoms with Gasteiger partial charge in [0.15, 0.2) is 44.0 Å². The SMILES string of the molecule is OC[C@H]1OC2OC3[C@@H](CO)OC(OC4[C@@H](CO)OC(OC5[C@@H](CO)OC(OC6[C@@H](CO)OC(OC7[C@@H](CO)OC(OC8[C@@H](CO)OC(OC1[C@H](O)[C@H]2O)[C@H](O)[C@H]8O)[C@H](O)[C@H]7O)[C@H](O)[C@H]6O)[C@H](O)[C@H]5O)[C@H](O)[C@H]4O)[C@H](O)[C@H]3O. The molecule has 35 heteroatoms. The van der Waals surface area contributed by atoms with Crippen molar-refractivity contribution >= 4 is 0 Å². The van der Waals surface area contributed by atoms with Crippen LogP contribution in [-0.4, -0.2) is 368 Å². The van der Waals surface area contributed by atoms with Crippen molar-refractivity contribution in [2.24, 2.45) is 0 Å². The lowest BCUT2D eigenvalue weighted by atomic mass is 9.95. The highest BCUT2D eigenvalue weighted by Gasteiger charge is 2.59. The summed E-state index contributed by atoms with van der Waals surface area (Å²) in [6.45, 7) is -7.33. The molecule has 0 amide bonds. The van der Waals surface area contributed by atoms with Crippen molar-refractivity contribution in [3.8, 4) is 0 Å². The smallest absolute Gasteiger partial charge is 0.187 e. The van der Waals surface area contributed by atoms with E-state index < -0.39 is 261 Å². The van der Waals surface area contributed by atoms with E-state index in [1.165, 1.54) is 0 Å². The lowest BCUT2D eigenvalue weighted by molar-refractivity contribution is -0.396. The molecule has 35 nitrogen and oxygen atoms in total. The van der Waals surface area contributed by atoms with E-state index in [4.69, 9.17) is 66.3 Å². The summed E-state index contributed by atoms with van der Waals surface area (Å²) in [5.41, 5.74) is 0. The first-order valence-electron chi connectivity index (χ1n) is 24.6. The van der Waals surface area contributed by atoms with Crippen LogP contribution >= 0.6 is 0 Å². The molecule has 21 aliphatic heterocycles. The molecule has 0 spiro atoms. The fourth-order valence-electron chi connectivity index (χ4n) is 10.4. The van der Waals surface area contributed by atoms with Gasteiger partial charge in [-0.25, -0.2) is 0 Å². The molecule has 0 saturated carbocycles. The van der Waals surface area contributed by atoms with E-state index in [1.54, 1.807) is 0 Å². The van der Waals surface area contributed by atoms with Crippen molar-refractivity contribution in [3.05, 3.63) is 0 Å². The largest absolute Gasteiger partial charge is 0.394 e. The fourth-order valence-corrected chi connectivity index (χ4v) is 10.4. The van der Waals surface area contributed by atoms with Crippen LogP contribution in [0.15, 0.2) is 0 Å². The molecule has 35 atom stereocenters. The van der Waals surface area contributed by atoms with E-state index in [2.05, 4.69) is 0 Å². The number of hydrogen-bond donors (Lipinski definition) is 21. The van der Waals surface area contributed by atoms with Gasteiger partial charge in [-0.1, -0.05) is 0 Å². The first-order chi connectivity index (χ1) is 36.7. The van der Waals surface area contributed by atoms with Gasteiger partial charge in [0.2, 0.25) is 0 Å². The van der Waals surface area contributed by atoms with E-state index in [9.17, 15) is 107 Å². The van der Waals surface area contributed by atoms with E-state index >= 15 is 0 Å². The molecule has 14 unspecified atom stereocenters. The van der Waals surface area contributed by atoms with Crippen molar-refractivity contribution < 1.29 is 174 Å². The Morgan fingerprint density at radius 1 is 0.156 bits per heavy atom. The second-order valence-electron chi connectivity index (χ2n) is 19.7. The van der Waals surface area contributed by atoms with Gasteiger partial charge in [0.25, 0.3) is 0 Å². The van der Waals surface area contributed by atoms with Gasteiger partial charge in [0.05, 0.1) is 46.2 Å². The number of ether oxygens (including phenoxy) is 14. The minimum atomic E-state index is -2.21. The first-order valence-corrected chi connectivity index (χ1v) is 24.6. The van der Waals surface area contributed by atoms with Gasteiger partial charge < -0.3 is 174 Å². The van der Waals surface area contributed by atoms with Crippen molar-refractivity contribution in [2.45, 2.75) is 215 Å². The monoisotopic (exact) mass is 1130 g/mol. The summed E-state index contributed by atoms with van der Waals surface area (Å²) < 4.78 is 79.5. The molecule has 448 valence electrons. The summed E-state index contributed by atoms with van der Waals surface area (Å²) in [6, 6.07) is 0. The maximum atomic E-state index is 11.3. The molecule has 21 heterocycles. The quantitative estimate of drug-likeness (QED) is 0.113. The third-order valence-electron chi connectivity index (χ3n) is 14.8. The van der Waals surface area contributed by atoms with Gasteiger partial charge in [-0.2, -0.15) is 0 Å². The van der Waals surface area contributed by atoms with Gasteiger partial charge in [-0.05, 0) is 0 Å². The zero-order valence-electron chi connectivity index (χ0n) is 40.3. The topological polar surface area (TPSA) is 554 Å². The second-order valence-corrected chi connectivity index (χ2v) is 19.7. The Labute approximate surface area is 434 Å². The third kappa shape index (κ3) is 12.1. The summed E-state index contributed by atoms with van der Waals surface area (Å²) in [7, 11) is 0. The van der Waals surface area contributed by atoms with Crippen LogP contribution in [0.1, 0.15) is 0 Å². The van der Waals surface area contributed by atoms with E-state index in [0.29, 0.717) is 0 Å². The minimum absolute atomic E-state index is 1.05. The van der Waals surface area contributed by atoms with Gasteiger partial charge in [0, 0.05) is 0 Å². The number of hydrogen-bond acceptors (Lipinski definition) is 35. The number of aliphatic hydroxyl groups excluding tert-OH is 21. The molecule has 21 aliphatic rings. The predicted octanol–water partition coefficient (Wildman–Crippen LogP) is -15.2.